The number of Topliss-reactive ketones (excluding diaryl/α,β-unsaturated/α-hetero) is 1. The third kappa shape index (κ3) is 5.32. The van der Waals surface area contributed by atoms with Gasteiger partial charge in [0.25, 0.3) is 10.2 Å². The second kappa shape index (κ2) is 7.88. The van der Waals surface area contributed by atoms with Crippen LogP contribution < -0.4 is 0 Å². The van der Waals surface area contributed by atoms with Crippen molar-refractivity contribution in [3.05, 3.63) is 56.1 Å². The van der Waals surface area contributed by atoms with Crippen LogP contribution >= 0.6 is 0 Å². The Balaban J connectivity index is 3.10. The van der Waals surface area contributed by atoms with Crippen LogP contribution in [0.25, 0.3) is 0 Å². The molecule has 0 aliphatic rings. The second-order valence-electron chi connectivity index (χ2n) is 4.24. The molecule has 120 valence electrons. The zero-order valence-corrected chi connectivity index (χ0v) is 11.4. The largest absolute Gasteiger partial charge is 0.391 e. The molecule has 1 rings (SSSR count). The van der Waals surface area contributed by atoms with Gasteiger partial charge < -0.3 is 14.8 Å². The molecule has 0 aliphatic heterocycles. The van der Waals surface area contributed by atoms with Gasteiger partial charge in [-0.2, -0.15) is 0 Å². The van der Waals surface area contributed by atoms with E-state index in [1.165, 1.54) is 12.1 Å². The molecule has 0 spiro atoms. The number of carbonyl (C=O) groups excluding carboxylic acids is 1. The molecule has 0 amide bonds. The summed E-state index contributed by atoms with van der Waals surface area (Å²) in [6.07, 6.45) is -7.30. The number of aliphatic hydroxyl groups is 1. The average Bonchev–Trinajstić information content (AvgIpc) is 2.49. The van der Waals surface area contributed by atoms with E-state index in [4.69, 9.17) is 1.37 Å². The molecular weight excluding hydrogens is 300 g/mol. The van der Waals surface area contributed by atoms with Crippen molar-refractivity contribution in [2.75, 3.05) is 0 Å². The predicted molar refractivity (Wildman–Crippen MR) is 70.6 cm³/mol. The van der Waals surface area contributed by atoms with Crippen molar-refractivity contribution in [2.45, 2.75) is 31.6 Å². The normalized spacial score (nSPS) is 16.5. The van der Waals surface area contributed by atoms with Gasteiger partial charge in [0.05, 0.1) is 6.10 Å². The highest BCUT2D eigenvalue weighted by molar-refractivity contribution is 5.85. The van der Waals surface area contributed by atoms with Crippen LogP contribution in [-0.2, 0) is 20.9 Å². The van der Waals surface area contributed by atoms with Gasteiger partial charge in [-0.25, -0.2) is 0 Å². The first-order valence-electron chi connectivity index (χ1n) is 6.63. The van der Waals surface area contributed by atoms with Gasteiger partial charge in [-0.15, -0.1) is 20.2 Å². The van der Waals surface area contributed by atoms with Gasteiger partial charge in [0.2, 0.25) is 0 Å². The molecule has 0 fully saturated rings. The van der Waals surface area contributed by atoms with Crippen LogP contribution in [0.5, 0.6) is 0 Å². The summed E-state index contributed by atoms with van der Waals surface area (Å²) >= 11 is 0. The second-order valence-corrected chi connectivity index (χ2v) is 4.24. The molecule has 0 aliphatic carbocycles. The van der Waals surface area contributed by atoms with E-state index in [1.807, 2.05) is 0 Å². The van der Waals surface area contributed by atoms with Crippen molar-refractivity contribution in [1.82, 2.24) is 0 Å². The van der Waals surface area contributed by atoms with E-state index in [0.29, 0.717) is 0 Å². The van der Waals surface area contributed by atoms with Crippen molar-refractivity contribution in [3.8, 4) is 0 Å². The van der Waals surface area contributed by atoms with Gasteiger partial charge in [0.1, 0.15) is 0 Å². The summed E-state index contributed by atoms with van der Waals surface area (Å²) in [5, 5.41) is 27.9. The first-order valence-corrected chi connectivity index (χ1v) is 6.05. The van der Waals surface area contributed by atoms with Crippen LogP contribution in [-0.4, -0.2) is 39.4 Å². The smallest absolute Gasteiger partial charge is 0.295 e. The van der Waals surface area contributed by atoms with Gasteiger partial charge in [0.15, 0.2) is 18.0 Å². The zero-order chi connectivity index (χ0) is 17.6. The molecule has 10 nitrogen and oxygen atoms in total. The van der Waals surface area contributed by atoms with Crippen molar-refractivity contribution >= 4 is 5.78 Å². The number of nitrogens with zero attached hydrogens (tertiary/aromatic N) is 2. The van der Waals surface area contributed by atoms with Gasteiger partial charge >= 0.3 is 0 Å². The molecule has 4 atom stereocenters. The van der Waals surface area contributed by atoms with E-state index in [0.717, 1.165) is 6.92 Å². The summed E-state index contributed by atoms with van der Waals surface area (Å²) in [4.78, 5) is 41.5. The van der Waals surface area contributed by atoms with Crippen LogP contribution in [0.4, 0.5) is 0 Å². The first-order chi connectivity index (χ1) is 10.7. The molecule has 1 aromatic rings. The Kier molecular flexibility index (Phi) is 5.60. The number of carbonyl (C=O) groups is 1. The molecule has 0 saturated carbocycles. The molecule has 1 N–H and O–H groups in total. The van der Waals surface area contributed by atoms with E-state index in [9.17, 15) is 30.1 Å². The average molecular weight is 315 g/mol. The lowest BCUT2D eigenvalue weighted by Crippen LogP contribution is -2.47. The number of benzene rings is 1. The Morgan fingerprint density at radius 1 is 1.27 bits per heavy atom. The van der Waals surface area contributed by atoms with Crippen LogP contribution in [0.1, 0.15) is 13.9 Å². The van der Waals surface area contributed by atoms with Crippen molar-refractivity contribution in [1.29, 1.82) is 0 Å². The van der Waals surface area contributed by atoms with Gasteiger partial charge in [-0.3, -0.25) is 4.79 Å². The monoisotopic (exact) mass is 315 g/mol. The summed E-state index contributed by atoms with van der Waals surface area (Å²) in [7, 11) is 0. The fourth-order valence-corrected chi connectivity index (χ4v) is 1.66. The lowest BCUT2D eigenvalue weighted by atomic mass is 9.99. The maximum absolute atomic E-state index is 12.3. The van der Waals surface area contributed by atoms with E-state index >= 15 is 0 Å². The highest BCUT2D eigenvalue weighted by atomic mass is 17.0. The summed E-state index contributed by atoms with van der Waals surface area (Å²) in [6.45, 7) is 1.04. The predicted octanol–water partition coefficient (Wildman–Crippen LogP) is 0.333. The van der Waals surface area contributed by atoms with Crippen LogP contribution in [0.3, 0.4) is 0 Å². The number of ketones is 1. The molecule has 1 aromatic carbocycles. The molecule has 10 heteroatoms. The van der Waals surface area contributed by atoms with Crippen molar-refractivity contribution < 1.29 is 31.1 Å². The Morgan fingerprint density at radius 2 is 1.82 bits per heavy atom. The highest BCUT2D eigenvalue weighted by Crippen LogP contribution is 2.14. The summed E-state index contributed by atoms with van der Waals surface area (Å²) in [5.41, 5.74) is 0.208. The Bertz CT molecular complexity index is 567. The minimum Gasteiger partial charge on any atom is -0.391 e. The minimum absolute atomic E-state index is 0.208. The first kappa shape index (κ1) is 15.6. The Morgan fingerprint density at radius 3 is 2.27 bits per heavy atom. The Hall–Kier alpha value is -2.75. The molecule has 0 aromatic heterocycles. The van der Waals surface area contributed by atoms with Crippen molar-refractivity contribution in [3.63, 3.8) is 0 Å². The Labute approximate surface area is 125 Å². The molecule has 0 bridgehead atoms. The SMILES string of the molecule is [2H]C(C(=O)[C@@H](O[N+](=O)[O-])[C@@H](O[N+](=O)[O-])[C@@H](C)O)c1ccccc1. The molecule has 22 heavy (non-hydrogen) atoms. The fourth-order valence-electron chi connectivity index (χ4n) is 1.66. The quantitative estimate of drug-likeness (QED) is 0.507. The van der Waals surface area contributed by atoms with Gasteiger partial charge in [0, 0.05) is 7.77 Å². The molecule has 0 radical (unpaired) electrons. The highest BCUT2D eigenvalue weighted by Gasteiger charge is 2.37. The van der Waals surface area contributed by atoms with E-state index < -0.39 is 40.7 Å². The maximum atomic E-state index is 12.3. The third-order valence-electron chi connectivity index (χ3n) is 2.57. The summed E-state index contributed by atoms with van der Waals surface area (Å²) in [5.74, 6) is -1.15. The van der Waals surface area contributed by atoms with Crippen molar-refractivity contribution in [2.24, 2.45) is 0 Å². The van der Waals surface area contributed by atoms with Gasteiger partial charge in [-0.05, 0) is 12.5 Å². The van der Waals surface area contributed by atoms with Crippen LogP contribution in [0.2, 0.25) is 0 Å². The lowest BCUT2D eigenvalue weighted by molar-refractivity contribution is -0.797. The minimum atomic E-state index is -2.13. The molecule has 0 saturated heterocycles. The fraction of sp³-hybridized carbons (Fsp3) is 0.417. The zero-order valence-electron chi connectivity index (χ0n) is 12.4. The number of hydrogen-bond acceptors (Lipinski definition) is 8. The van der Waals surface area contributed by atoms with E-state index in [2.05, 4.69) is 9.68 Å². The van der Waals surface area contributed by atoms with Crippen LogP contribution in [0, 0.1) is 20.2 Å². The topological polar surface area (TPSA) is 142 Å². The summed E-state index contributed by atoms with van der Waals surface area (Å²) in [6, 6.07) is 7.61. The standard InChI is InChI=1S/C12H14N2O8/c1-8(15)11(21-13(17)18)12(22-14(19)20)10(16)7-9-5-3-2-4-6-9/h2-6,8,11-12,15H,7H2,1H3/t8-,11+,12-/m1/s1/i7D/t7?,8-,11+,12-. The molecule has 0 heterocycles. The third-order valence-corrected chi connectivity index (χ3v) is 2.57. The van der Waals surface area contributed by atoms with Crippen LogP contribution in [0.15, 0.2) is 30.3 Å². The van der Waals surface area contributed by atoms with E-state index in [1.54, 1.807) is 18.2 Å². The molecule has 1 unspecified atom stereocenters. The van der Waals surface area contributed by atoms with Gasteiger partial charge in [-0.1, -0.05) is 30.3 Å². The lowest BCUT2D eigenvalue weighted by Gasteiger charge is -2.24. The van der Waals surface area contributed by atoms with E-state index in [-0.39, 0.29) is 5.56 Å². The number of hydrogen-bond donors (Lipinski definition) is 1. The number of rotatable bonds is 9. The summed E-state index contributed by atoms with van der Waals surface area (Å²) < 4.78 is 7.85. The maximum Gasteiger partial charge on any atom is 0.295 e. The number of aliphatic hydroxyl groups excluding tert-OH is 1. The molecular formula is C12H14N2O8.